The number of ether oxygens (including phenoxy) is 1. The lowest BCUT2D eigenvalue weighted by atomic mass is 9.74. The minimum atomic E-state index is -0.996. The fraction of sp³-hybridized carbons (Fsp3) is 0.378. The summed E-state index contributed by atoms with van der Waals surface area (Å²) in [7, 11) is 0. The zero-order valence-corrected chi connectivity index (χ0v) is 27.2. The Kier molecular flexibility index (Phi) is 7.72. The molecule has 0 radical (unpaired) electrons. The van der Waals surface area contributed by atoms with Crippen molar-refractivity contribution in [2.45, 2.75) is 48.8 Å². The number of hydrogen-bond acceptors (Lipinski definition) is 6. The average Bonchev–Trinajstić information content (AvgIpc) is 3.33. The second-order valence-corrected chi connectivity index (χ2v) is 14.4. The maximum Gasteiger partial charge on any atom is 0.251 e. The molecule has 0 aliphatic carbocycles. The molecule has 4 aliphatic heterocycles. The first-order chi connectivity index (χ1) is 22.3. The molecule has 7 rings (SSSR count). The summed E-state index contributed by atoms with van der Waals surface area (Å²) in [5.41, 5.74) is 1.48. The van der Waals surface area contributed by atoms with E-state index in [1.54, 1.807) is 26.5 Å². The van der Waals surface area contributed by atoms with Gasteiger partial charge in [-0.1, -0.05) is 61.6 Å². The number of nitrogens with zero attached hydrogens (tertiary/aromatic N) is 3. The molecule has 6 atom stereocenters. The summed E-state index contributed by atoms with van der Waals surface area (Å²) in [6.45, 7) is 6.85. The van der Waals surface area contributed by atoms with Crippen LogP contribution in [0.5, 0.6) is 5.75 Å². The molecule has 1 spiro atoms. The zero-order chi connectivity index (χ0) is 32.2. The monoisotopic (exact) mass is 637 g/mol. The molecule has 1 unspecified atom stereocenters. The summed E-state index contributed by atoms with van der Waals surface area (Å²) in [6, 6.07) is 20.0. The van der Waals surface area contributed by atoms with Crippen molar-refractivity contribution in [2.75, 3.05) is 36.1 Å². The van der Waals surface area contributed by atoms with Crippen LogP contribution < -0.4 is 14.5 Å². The third-order valence-electron chi connectivity index (χ3n) is 10.1. The minimum absolute atomic E-state index is 0.145. The highest BCUT2D eigenvalue weighted by molar-refractivity contribution is 8.02. The number of hydrogen-bond donors (Lipinski definition) is 1. The molecule has 0 saturated carbocycles. The van der Waals surface area contributed by atoms with Crippen LogP contribution in [-0.2, 0) is 14.4 Å². The second-order valence-electron chi connectivity index (χ2n) is 12.6. The number of anilines is 2. The quantitative estimate of drug-likeness (QED) is 0.358. The number of carbonyl (C=O) groups excluding carboxylic acids is 3. The molecule has 4 aliphatic rings. The van der Waals surface area contributed by atoms with E-state index in [1.165, 1.54) is 0 Å². The maximum atomic E-state index is 14.9. The summed E-state index contributed by atoms with van der Waals surface area (Å²) in [5, 5.41) is 12.6. The van der Waals surface area contributed by atoms with Gasteiger partial charge in [0, 0.05) is 29.2 Å². The van der Waals surface area contributed by atoms with Crippen molar-refractivity contribution in [3.05, 3.63) is 91.0 Å². The lowest BCUT2D eigenvalue weighted by molar-refractivity contribution is -0.142. The molecule has 3 aromatic carbocycles. The molecule has 8 nitrogen and oxygen atoms in total. The lowest BCUT2D eigenvalue weighted by Crippen LogP contribution is -2.56. The van der Waals surface area contributed by atoms with Gasteiger partial charge in [-0.15, -0.1) is 11.8 Å². The van der Waals surface area contributed by atoms with Crippen LogP contribution in [0.25, 0.3) is 10.8 Å². The third-order valence-corrected chi connectivity index (χ3v) is 11.9. The van der Waals surface area contributed by atoms with Crippen molar-refractivity contribution in [2.24, 2.45) is 11.8 Å². The van der Waals surface area contributed by atoms with E-state index < -0.39 is 33.4 Å². The first-order valence-corrected chi connectivity index (χ1v) is 16.9. The van der Waals surface area contributed by atoms with Crippen molar-refractivity contribution in [1.29, 1.82) is 0 Å². The van der Waals surface area contributed by atoms with Crippen molar-refractivity contribution >= 4 is 51.6 Å². The minimum Gasteiger partial charge on any atom is -0.494 e. The van der Waals surface area contributed by atoms with Gasteiger partial charge in [0.2, 0.25) is 11.8 Å². The van der Waals surface area contributed by atoms with Crippen LogP contribution >= 0.6 is 11.8 Å². The molecule has 0 bridgehead atoms. The van der Waals surface area contributed by atoms with Crippen LogP contribution in [0.3, 0.4) is 0 Å². The van der Waals surface area contributed by atoms with Gasteiger partial charge in [0.1, 0.15) is 11.8 Å². The van der Waals surface area contributed by atoms with E-state index in [4.69, 9.17) is 4.74 Å². The number of amides is 3. The third kappa shape index (κ3) is 4.58. The van der Waals surface area contributed by atoms with Gasteiger partial charge in [-0.25, -0.2) is 0 Å². The normalized spacial score (nSPS) is 29.4. The highest BCUT2D eigenvalue weighted by Gasteiger charge is 2.74. The van der Waals surface area contributed by atoms with Gasteiger partial charge in [-0.3, -0.25) is 14.4 Å². The Bertz CT molecular complexity index is 1750. The molecule has 1 N–H and O–H groups in total. The van der Waals surface area contributed by atoms with Gasteiger partial charge in [-0.2, -0.15) is 0 Å². The number of fused-ring (bicyclic) bond motifs is 3. The first kappa shape index (κ1) is 30.6. The molecule has 3 amide bonds. The summed E-state index contributed by atoms with van der Waals surface area (Å²) in [4.78, 5) is 49.5. The molecular formula is C37H39N3O5S. The summed E-state index contributed by atoms with van der Waals surface area (Å²) < 4.78 is 3.89. The summed E-state index contributed by atoms with van der Waals surface area (Å²) in [5.74, 6) is -1.37. The van der Waals surface area contributed by atoms with E-state index >= 15 is 0 Å². The number of rotatable bonds is 7. The summed E-state index contributed by atoms with van der Waals surface area (Å²) in [6.07, 6.45) is 8.55. The highest BCUT2D eigenvalue weighted by atomic mass is 32.2. The van der Waals surface area contributed by atoms with Crippen molar-refractivity contribution in [3.63, 3.8) is 0 Å². The Morgan fingerprint density at radius 3 is 2.22 bits per heavy atom. The topological polar surface area (TPSA) is 90.4 Å². The largest absolute Gasteiger partial charge is 0.494 e. The molecule has 0 aromatic heterocycles. The molecule has 2 saturated heterocycles. The smallest absolute Gasteiger partial charge is 0.251 e. The molecular weight excluding hydrogens is 598 g/mol. The van der Waals surface area contributed by atoms with E-state index in [0.717, 1.165) is 27.9 Å². The van der Waals surface area contributed by atoms with Gasteiger partial charge in [0.25, 0.3) is 5.91 Å². The Morgan fingerprint density at radius 2 is 1.52 bits per heavy atom. The molecule has 46 heavy (non-hydrogen) atoms. The van der Waals surface area contributed by atoms with E-state index in [0.29, 0.717) is 26.1 Å². The van der Waals surface area contributed by atoms with E-state index in [1.807, 2.05) is 106 Å². The van der Waals surface area contributed by atoms with Crippen LogP contribution in [0, 0.1) is 11.8 Å². The van der Waals surface area contributed by atoms with Gasteiger partial charge in [0.15, 0.2) is 0 Å². The van der Waals surface area contributed by atoms with Gasteiger partial charge in [-0.05, 0) is 67.4 Å². The Hall–Kier alpha value is -4.08. The van der Waals surface area contributed by atoms with Gasteiger partial charge in [0.05, 0.1) is 35.8 Å². The number of aliphatic hydroxyl groups is 1. The van der Waals surface area contributed by atoms with Gasteiger partial charge < -0.3 is 24.5 Å². The Labute approximate surface area is 273 Å². The number of benzene rings is 3. The molecule has 3 aromatic rings. The SMILES string of the molecule is CCOc1ccc(N2CC=C[C@@]3(C)S[C@]45C=CCN(c6ccc7ccccc7c6)C(=O)C4N([C@@H](CC)CO)C(=O)[C@@H]5[C@H]3C2=O)cc1. The fourth-order valence-electron chi connectivity index (χ4n) is 7.97. The van der Waals surface area contributed by atoms with Crippen LogP contribution in [-0.4, -0.2) is 75.6 Å². The van der Waals surface area contributed by atoms with E-state index in [-0.39, 0.29) is 24.3 Å². The Balaban J connectivity index is 1.32. The summed E-state index contributed by atoms with van der Waals surface area (Å²) >= 11 is 1.55. The fourth-order valence-corrected chi connectivity index (χ4v) is 10.1. The van der Waals surface area contributed by atoms with Crippen molar-refractivity contribution < 1.29 is 24.2 Å². The number of likely N-dealkylation sites (tertiary alicyclic amines) is 1. The highest BCUT2D eigenvalue weighted by Crippen LogP contribution is 2.66. The lowest BCUT2D eigenvalue weighted by Gasteiger charge is -2.39. The number of aliphatic hydroxyl groups excluding tert-OH is 1. The second kappa shape index (κ2) is 11.6. The predicted octanol–water partition coefficient (Wildman–Crippen LogP) is 5.20. The Morgan fingerprint density at radius 1 is 0.848 bits per heavy atom. The molecule has 2 fully saturated rings. The van der Waals surface area contributed by atoms with Gasteiger partial charge >= 0.3 is 0 Å². The zero-order valence-electron chi connectivity index (χ0n) is 26.3. The van der Waals surface area contributed by atoms with Crippen LogP contribution in [0.1, 0.15) is 27.2 Å². The predicted molar refractivity (Wildman–Crippen MR) is 182 cm³/mol. The number of thioether (sulfide) groups is 1. The van der Waals surface area contributed by atoms with Crippen molar-refractivity contribution in [1.82, 2.24) is 4.90 Å². The number of carbonyl (C=O) groups is 3. The van der Waals surface area contributed by atoms with Crippen molar-refractivity contribution in [3.8, 4) is 5.75 Å². The molecule has 4 heterocycles. The van der Waals surface area contributed by atoms with Crippen LogP contribution in [0.4, 0.5) is 11.4 Å². The first-order valence-electron chi connectivity index (χ1n) is 16.1. The standard InChI is InChI=1S/C37H39N3O5S/c1-4-26(23-41)40-32-35(44)39(28-13-12-24-10-6-7-11-25(24)22-28)21-9-19-37(32)31(34(40)43)30-33(42)38(20-8-18-36(30,3)46-37)27-14-16-29(17-15-27)45-5-2/h6-19,22,26,30-32,41H,4-5,20-21,23H2,1-3H3/t26-,30-,31-,32?,36+,37-/m0/s1. The molecule has 9 heteroatoms. The van der Waals surface area contributed by atoms with E-state index in [2.05, 4.69) is 6.08 Å². The molecule has 238 valence electrons. The van der Waals surface area contributed by atoms with Crippen LogP contribution in [0.15, 0.2) is 91.0 Å². The van der Waals surface area contributed by atoms with Crippen LogP contribution in [0.2, 0.25) is 0 Å². The maximum absolute atomic E-state index is 14.9. The van der Waals surface area contributed by atoms with E-state index in [9.17, 15) is 19.5 Å². The average molecular weight is 638 g/mol.